The topological polar surface area (TPSA) is 67.5 Å². The molecule has 0 aliphatic heterocycles. The normalized spacial score (nSPS) is 11.3. The summed E-state index contributed by atoms with van der Waals surface area (Å²) in [6.45, 7) is 2.04. The summed E-state index contributed by atoms with van der Waals surface area (Å²) in [4.78, 5) is 23.8. The lowest BCUT2D eigenvalue weighted by Crippen LogP contribution is -2.31. The number of likely N-dealkylation sites (N-methyl/N-ethyl adjacent to an activating group) is 1. The van der Waals surface area contributed by atoms with E-state index >= 15 is 0 Å². The molecule has 0 saturated carbocycles. The SMILES string of the molecule is CN(C)CCNC(=O)c1nc(-c2ccn(Cc3ccccn3)c2)n2ccccc12. The fourth-order valence-electron chi connectivity index (χ4n) is 3.24. The number of imidazole rings is 1. The van der Waals surface area contributed by atoms with Crippen molar-refractivity contribution >= 4 is 11.4 Å². The Kier molecular flexibility index (Phi) is 5.39. The molecule has 4 heterocycles. The van der Waals surface area contributed by atoms with Crippen LogP contribution in [0.4, 0.5) is 0 Å². The van der Waals surface area contributed by atoms with E-state index < -0.39 is 0 Å². The van der Waals surface area contributed by atoms with E-state index in [0.29, 0.717) is 18.8 Å². The number of rotatable bonds is 7. The first kappa shape index (κ1) is 18.9. The number of nitrogens with zero attached hydrogens (tertiary/aromatic N) is 5. The van der Waals surface area contributed by atoms with Crippen LogP contribution in [0.1, 0.15) is 16.2 Å². The summed E-state index contributed by atoms with van der Waals surface area (Å²) < 4.78 is 4.03. The van der Waals surface area contributed by atoms with Gasteiger partial charge in [0.25, 0.3) is 5.91 Å². The third kappa shape index (κ3) is 4.20. The molecule has 0 aromatic carbocycles. The zero-order chi connectivity index (χ0) is 20.2. The van der Waals surface area contributed by atoms with Crippen molar-refractivity contribution in [2.45, 2.75) is 6.54 Å². The minimum Gasteiger partial charge on any atom is -0.349 e. The fourth-order valence-corrected chi connectivity index (χ4v) is 3.24. The fraction of sp³-hybridized carbons (Fsp3) is 0.227. The van der Waals surface area contributed by atoms with Gasteiger partial charge in [0.2, 0.25) is 0 Å². The van der Waals surface area contributed by atoms with Crippen molar-refractivity contribution in [2.24, 2.45) is 0 Å². The first-order valence-corrected chi connectivity index (χ1v) is 9.58. The molecule has 4 rings (SSSR count). The number of hydrogen-bond acceptors (Lipinski definition) is 4. The Labute approximate surface area is 169 Å². The highest BCUT2D eigenvalue weighted by Crippen LogP contribution is 2.23. The Bertz CT molecular complexity index is 1110. The number of aromatic nitrogens is 4. The Balaban J connectivity index is 1.62. The minimum atomic E-state index is -0.158. The van der Waals surface area contributed by atoms with Crippen LogP contribution in [-0.2, 0) is 6.54 Å². The number of fused-ring (bicyclic) bond motifs is 1. The number of pyridine rings is 2. The van der Waals surface area contributed by atoms with Gasteiger partial charge >= 0.3 is 0 Å². The van der Waals surface area contributed by atoms with Crippen molar-refractivity contribution in [1.82, 2.24) is 29.2 Å². The van der Waals surface area contributed by atoms with Crippen LogP contribution >= 0.6 is 0 Å². The van der Waals surface area contributed by atoms with Gasteiger partial charge in [0.05, 0.1) is 17.8 Å². The summed E-state index contributed by atoms with van der Waals surface area (Å²) >= 11 is 0. The Hall–Kier alpha value is -3.45. The van der Waals surface area contributed by atoms with Crippen LogP contribution < -0.4 is 5.32 Å². The summed E-state index contributed by atoms with van der Waals surface area (Å²) in [5, 5.41) is 2.96. The number of carbonyl (C=O) groups excluding carboxylic acids is 1. The number of amides is 1. The first-order valence-electron chi connectivity index (χ1n) is 9.58. The Morgan fingerprint density at radius 2 is 1.97 bits per heavy atom. The quantitative estimate of drug-likeness (QED) is 0.528. The average Bonchev–Trinajstić information content (AvgIpc) is 3.33. The molecule has 7 nitrogen and oxygen atoms in total. The van der Waals surface area contributed by atoms with Crippen LogP contribution in [-0.4, -0.2) is 56.9 Å². The highest BCUT2D eigenvalue weighted by molar-refractivity contribution is 6.00. The lowest BCUT2D eigenvalue weighted by molar-refractivity contribution is 0.0948. The summed E-state index contributed by atoms with van der Waals surface area (Å²) in [5.41, 5.74) is 3.18. The molecule has 0 radical (unpaired) electrons. The van der Waals surface area contributed by atoms with E-state index in [-0.39, 0.29) is 5.91 Å². The van der Waals surface area contributed by atoms with Crippen molar-refractivity contribution in [3.8, 4) is 11.4 Å². The molecule has 0 aliphatic rings. The predicted octanol–water partition coefficient (Wildman–Crippen LogP) is 2.54. The van der Waals surface area contributed by atoms with Gasteiger partial charge in [0, 0.05) is 43.4 Å². The van der Waals surface area contributed by atoms with Crippen LogP contribution in [0.3, 0.4) is 0 Å². The molecular formula is C22H24N6O. The molecule has 0 atom stereocenters. The maximum Gasteiger partial charge on any atom is 0.272 e. The lowest BCUT2D eigenvalue weighted by Gasteiger charge is -2.09. The van der Waals surface area contributed by atoms with E-state index in [1.807, 2.05) is 84.5 Å². The van der Waals surface area contributed by atoms with Gasteiger partial charge in [-0.1, -0.05) is 12.1 Å². The molecular weight excluding hydrogens is 364 g/mol. The smallest absolute Gasteiger partial charge is 0.272 e. The van der Waals surface area contributed by atoms with Gasteiger partial charge in [-0.25, -0.2) is 4.98 Å². The molecule has 0 spiro atoms. The van der Waals surface area contributed by atoms with Gasteiger partial charge in [-0.05, 0) is 44.4 Å². The van der Waals surface area contributed by atoms with Gasteiger partial charge in [-0.2, -0.15) is 0 Å². The van der Waals surface area contributed by atoms with E-state index in [0.717, 1.165) is 29.1 Å². The highest BCUT2D eigenvalue weighted by atomic mass is 16.1. The number of nitrogens with one attached hydrogen (secondary N) is 1. The third-order valence-corrected chi connectivity index (χ3v) is 4.69. The Morgan fingerprint density at radius 3 is 2.76 bits per heavy atom. The lowest BCUT2D eigenvalue weighted by atomic mass is 10.3. The molecule has 4 aromatic heterocycles. The van der Waals surface area contributed by atoms with Crippen LogP contribution in [0.15, 0.2) is 67.3 Å². The van der Waals surface area contributed by atoms with Gasteiger partial charge in [0.1, 0.15) is 5.82 Å². The van der Waals surface area contributed by atoms with Crippen molar-refractivity contribution < 1.29 is 4.79 Å². The molecule has 0 saturated heterocycles. The number of hydrogen-bond donors (Lipinski definition) is 1. The molecule has 29 heavy (non-hydrogen) atoms. The van der Waals surface area contributed by atoms with Crippen molar-refractivity contribution in [2.75, 3.05) is 27.2 Å². The molecule has 0 fully saturated rings. The van der Waals surface area contributed by atoms with Crippen LogP contribution in [0.2, 0.25) is 0 Å². The molecule has 1 N–H and O–H groups in total. The first-order chi connectivity index (χ1) is 14.1. The highest BCUT2D eigenvalue weighted by Gasteiger charge is 2.18. The van der Waals surface area contributed by atoms with Crippen LogP contribution in [0.5, 0.6) is 0 Å². The summed E-state index contributed by atoms with van der Waals surface area (Å²) in [6.07, 6.45) is 7.77. The van der Waals surface area contributed by atoms with Gasteiger partial charge < -0.3 is 14.8 Å². The van der Waals surface area contributed by atoms with Crippen molar-refractivity contribution in [3.63, 3.8) is 0 Å². The molecule has 0 aliphatic carbocycles. The third-order valence-electron chi connectivity index (χ3n) is 4.69. The summed E-state index contributed by atoms with van der Waals surface area (Å²) in [5.74, 6) is 0.591. The zero-order valence-electron chi connectivity index (χ0n) is 16.6. The van der Waals surface area contributed by atoms with Crippen molar-refractivity contribution in [1.29, 1.82) is 0 Å². The molecule has 1 amide bonds. The Morgan fingerprint density at radius 1 is 1.10 bits per heavy atom. The second-order valence-corrected chi connectivity index (χ2v) is 7.19. The van der Waals surface area contributed by atoms with Crippen LogP contribution in [0, 0.1) is 0 Å². The minimum absolute atomic E-state index is 0.158. The van der Waals surface area contributed by atoms with Crippen molar-refractivity contribution in [3.05, 3.63) is 78.6 Å². The molecule has 148 valence electrons. The van der Waals surface area contributed by atoms with E-state index in [1.54, 1.807) is 6.20 Å². The standard InChI is InChI=1S/C22H24N6O/c1-26(2)14-11-24-22(29)20-19-8-4-6-12-28(19)21(25-20)17-9-13-27(15-17)16-18-7-3-5-10-23-18/h3-10,12-13,15H,11,14,16H2,1-2H3,(H,24,29). The second kappa shape index (κ2) is 8.28. The monoisotopic (exact) mass is 388 g/mol. The van der Waals surface area contributed by atoms with Gasteiger partial charge in [0.15, 0.2) is 5.69 Å². The van der Waals surface area contributed by atoms with E-state index in [9.17, 15) is 4.79 Å². The van der Waals surface area contributed by atoms with Crippen LogP contribution in [0.25, 0.3) is 16.9 Å². The average molecular weight is 388 g/mol. The summed E-state index contributed by atoms with van der Waals surface area (Å²) in [7, 11) is 3.96. The second-order valence-electron chi connectivity index (χ2n) is 7.19. The molecule has 4 aromatic rings. The molecule has 7 heteroatoms. The summed E-state index contributed by atoms with van der Waals surface area (Å²) in [6, 6.07) is 13.7. The predicted molar refractivity (Wildman–Crippen MR) is 113 cm³/mol. The van der Waals surface area contributed by atoms with Gasteiger partial charge in [-0.3, -0.25) is 14.2 Å². The van der Waals surface area contributed by atoms with E-state index in [2.05, 4.69) is 19.9 Å². The molecule has 0 bridgehead atoms. The number of carbonyl (C=O) groups is 1. The molecule has 0 unspecified atom stereocenters. The maximum atomic E-state index is 12.7. The maximum absolute atomic E-state index is 12.7. The van der Waals surface area contributed by atoms with Gasteiger partial charge in [-0.15, -0.1) is 0 Å². The zero-order valence-corrected chi connectivity index (χ0v) is 16.6. The largest absolute Gasteiger partial charge is 0.349 e. The van der Waals surface area contributed by atoms with E-state index in [1.165, 1.54) is 0 Å². The van der Waals surface area contributed by atoms with E-state index in [4.69, 9.17) is 0 Å².